The Balaban J connectivity index is 1.46. The number of carboxylic acid groups (broad SMARTS) is 1. The van der Waals surface area contributed by atoms with Gasteiger partial charge < -0.3 is 14.6 Å². The molecule has 4 rings (SSSR count). The summed E-state index contributed by atoms with van der Waals surface area (Å²) in [6.07, 6.45) is -0.653. The van der Waals surface area contributed by atoms with Crippen molar-refractivity contribution in [2.45, 2.75) is 38.8 Å². The number of carbonyl (C=O) groups is 2. The zero-order valence-electron chi connectivity index (χ0n) is 19.7. The van der Waals surface area contributed by atoms with E-state index in [2.05, 4.69) is 12.1 Å². The molecule has 6 nitrogen and oxygen atoms in total. The minimum atomic E-state index is -1.10. The van der Waals surface area contributed by atoms with Gasteiger partial charge in [-0.1, -0.05) is 60.7 Å². The third kappa shape index (κ3) is 5.39. The lowest BCUT2D eigenvalue weighted by Crippen LogP contribution is -2.36. The first-order valence-electron chi connectivity index (χ1n) is 11.3. The number of hydrogen-bond donors (Lipinski definition) is 1. The van der Waals surface area contributed by atoms with Crippen LogP contribution in [0, 0.1) is 0 Å². The predicted molar refractivity (Wildman–Crippen MR) is 130 cm³/mol. The lowest BCUT2D eigenvalue weighted by atomic mass is 9.98. The van der Waals surface area contributed by atoms with E-state index in [1.807, 2.05) is 81.4 Å². The van der Waals surface area contributed by atoms with Crippen LogP contribution in [0.4, 0.5) is 4.79 Å². The SMILES string of the molecule is CC(C)(C)Oc1ccc(CN(CC(=O)O)C(=O)OCC2c3ccccc3-c3ccccc32)cc1. The molecule has 0 fully saturated rings. The molecule has 0 unspecified atom stereocenters. The Kier molecular flexibility index (Phi) is 6.59. The van der Waals surface area contributed by atoms with Crippen LogP contribution < -0.4 is 4.74 Å². The number of fused-ring (bicyclic) bond motifs is 3. The molecule has 0 heterocycles. The first kappa shape index (κ1) is 23.4. The molecule has 1 aliphatic rings. The van der Waals surface area contributed by atoms with Crippen LogP contribution in [0.1, 0.15) is 43.4 Å². The maximum atomic E-state index is 12.9. The fraction of sp³-hybridized carbons (Fsp3) is 0.286. The number of carbonyl (C=O) groups excluding carboxylic acids is 1. The first-order valence-corrected chi connectivity index (χ1v) is 11.3. The summed E-state index contributed by atoms with van der Waals surface area (Å²) in [5.41, 5.74) is 4.96. The second kappa shape index (κ2) is 9.59. The minimum absolute atomic E-state index is 0.0862. The molecule has 34 heavy (non-hydrogen) atoms. The zero-order chi connectivity index (χ0) is 24.3. The monoisotopic (exact) mass is 459 g/mol. The molecule has 0 saturated carbocycles. The lowest BCUT2D eigenvalue weighted by Gasteiger charge is -2.23. The molecule has 0 radical (unpaired) electrons. The molecule has 6 heteroatoms. The van der Waals surface area contributed by atoms with Crippen LogP contribution in [-0.4, -0.2) is 40.8 Å². The van der Waals surface area contributed by atoms with Crippen LogP contribution in [-0.2, 0) is 16.1 Å². The van der Waals surface area contributed by atoms with Gasteiger partial charge in [-0.25, -0.2) is 4.79 Å². The molecule has 0 saturated heterocycles. The van der Waals surface area contributed by atoms with Crippen molar-refractivity contribution in [1.82, 2.24) is 4.90 Å². The highest BCUT2D eigenvalue weighted by Gasteiger charge is 2.30. The average Bonchev–Trinajstić information content (AvgIpc) is 3.11. The van der Waals surface area contributed by atoms with Crippen molar-refractivity contribution in [2.75, 3.05) is 13.2 Å². The maximum absolute atomic E-state index is 12.9. The first-order chi connectivity index (χ1) is 16.2. The van der Waals surface area contributed by atoms with Gasteiger partial charge in [-0.3, -0.25) is 9.69 Å². The Morgan fingerprint density at radius 2 is 1.44 bits per heavy atom. The van der Waals surface area contributed by atoms with E-state index in [9.17, 15) is 14.7 Å². The summed E-state index contributed by atoms with van der Waals surface area (Å²) < 4.78 is 11.5. The van der Waals surface area contributed by atoms with E-state index in [1.54, 1.807) is 0 Å². The highest BCUT2D eigenvalue weighted by molar-refractivity contribution is 5.79. The molecule has 0 bridgehead atoms. The molecule has 1 N–H and O–H groups in total. The van der Waals surface area contributed by atoms with Crippen LogP contribution >= 0.6 is 0 Å². The van der Waals surface area contributed by atoms with E-state index in [-0.39, 0.29) is 24.7 Å². The highest BCUT2D eigenvalue weighted by Crippen LogP contribution is 2.44. The van der Waals surface area contributed by atoms with Crippen LogP contribution in [0.15, 0.2) is 72.8 Å². The average molecular weight is 460 g/mol. The molecule has 0 atom stereocenters. The fourth-order valence-corrected chi connectivity index (χ4v) is 4.27. The van der Waals surface area contributed by atoms with Crippen LogP contribution in [0.2, 0.25) is 0 Å². The van der Waals surface area contributed by atoms with Crippen molar-refractivity contribution >= 4 is 12.1 Å². The van der Waals surface area contributed by atoms with E-state index in [0.29, 0.717) is 5.75 Å². The molecule has 0 aromatic heterocycles. The molecule has 1 aliphatic carbocycles. The summed E-state index contributed by atoms with van der Waals surface area (Å²) >= 11 is 0. The zero-order valence-corrected chi connectivity index (χ0v) is 19.7. The van der Waals surface area contributed by atoms with Gasteiger partial charge in [0, 0.05) is 12.5 Å². The molecule has 0 spiro atoms. The van der Waals surface area contributed by atoms with Crippen molar-refractivity contribution in [2.24, 2.45) is 0 Å². The van der Waals surface area contributed by atoms with Gasteiger partial charge >= 0.3 is 12.1 Å². The van der Waals surface area contributed by atoms with Gasteiger partial charge in [-0.15, -0.1) is 0 Å². The number of nitrogens with zero attached hydrogens (tertiary/aromatic N) is 1. The maximum Gasteiger partial charge on any atom is 0.410 e. The van der Waals surface area contributed by atoms with E-state index in [1.165, 1.54) is 4.90 Å². The van der Waals surface area contributed by atoms with Crippen LogP contribution in [0.3, 0.4) is 0 Å². The van der Waals surface area contributed by atoms with Gasteiger partial charge in [0.05, 0.1) is 0 Å². The number of carboxylic acids is 1. The largest absolute Gasteiger partial charge is 0.488 e. The summed E-state index contributed by atoms with van der Waals surface area (Å²) in [7, 11) is 0. The molecule has 3 aromatic carbocycles. The topological polar surface area (TPSA) is 76.1 Å². The van der Waals surface area contributed by atoms with Gasteiger partial charge in [0.1, 0.15) is 24.5 Å². The number of amides is 1. The van der Waals surface area contributed by atoms with E-state index in [4.69, 9.17) is 9.47 Å². The molecular formula is C28H29NO5. The van der Waals surface area contributed by atoms with E-state index >= 15 is 0 Å². The lowest BCUT2D eigenvalue weighted by molar-refractivity contribution is -0.138. The number of ether oxygens (including phenoxy) is 2. The van der Waals surface area contributed by atoms with Crippen molar-refractivity contribution in [3.05, 3.63) is 89.5 Å². The summed E-state index contributed by atoms with van der Waals surface area (Å²) in [6, 6.07) is 23.5. The Morgan fingerprint density at radius 3 is 1.97 bits per heavy atom. The standard InChI is InChI=1S/C28H29NO5/c1-28(2,3)34-20-14-12-19(13-15-20)16-29(17-26(30)31)27(32)33-18-25-23-10-6-4-8-21(23)22-9-5-7-11-24(22)25/h4-15,25H,16-18H2,1-3H3,(H,30,31). The van der Waals surface area contributed by atoms with Gasteiger partial charge in [0.15, 0.2) is 0 Å². The van der Waals surface area contributed by atoms with Crippen LogP contribution in [0.5, 0.6) is 5.75 Å². The second-order valence-electron chi connectivity index (χ2n) is 9.41. The fourth-order valence-electron chi connectivity index (χ4n) is 4.27. The van der Waals surface area contributed by atoms with Crippen molar-refractivity contribution in [1.29, 1.82) is 0 Å². The normalized spacial score (nSPS) is 12.6. The predicted octanol–water partition coefficient (Wildman–Crippen LogP) is 5.70. The van der Waals surface area contributed by atoms with E-state index in [0.717, 1.165) is 27.8 Å². The van der Waals surface area contributed by atoms with E-state index < -0.39 is 18.6 Å². The van der Waals surface area contributed by atoms with Crippen molar-refractivity contribution in [3.8, 4) is 16.9 Å². The molecule has 176 valence electrons. The summed E-state index contributed by atoms with van der Waals surface area (Å²) in [5, 5.41) is 9.35. The quantitative estimate of drug-likeness (QED) is 0.491. The Morgan fingerprint density at radius 1 is 0.882 bits per heavy atom. The molecule has 3 aromatic rings. The summed E-state index contributed by atoms with van der Waals surface area (Å²) in [4.78, 5) is 25.6. The molecule has 1 amide bonds. The third-order valence-corrected chi connectivity index (χ3v) is 5.64. The Hall–Kier alpha value is -3.80. The number of rotatable bonds is 7. The third-order valence-electron chi connectivity index (χ3n) is 5.64. The number of hydrogen-bond acceptors (Lipinski definition) is 4. The van der Waals surface area contributed by atoms with Crippen LogP contribution in [0.25, 0.3) is 11.1 Å². The smallest absolute Gasteiger partial charge is 0.410 e. The Labute approximate surface area is 199 Å². The molecule has 0 aliphatic heterocycles. The van der Waals surface area contributed by atoms with Gasteiger partial charge in [0.25, 0.3) is 0 Å². The summed E-state index contributed by atoms with van der Waals surface area (Å²) in [5.74, 6) is -0.472. The van der Waals surface area contributed by atoms with Crippen molar-refractivity contribution in [3.63, 3.8) is 0 Å². The minimum Gasteiger partial charge on any atom is -0.488 e. The Bertz CT molecular complexity index is 1130. The summed E-state index contributed by atoms with van der Waals surface area (Å²) in [6.45, 7) is 5.71. The van der Waals surface area contributed by atoms with Gasteiger partial charge in [-0.05, 0) is 60.7 Å². The van der Waals surface area contributed by atoms with Crippen molar-refractivity contribution < 1.29 is 24.2 Å². The van der Waals surface area contributed by atoms with Gasteiger partial charge in [-0.2, -0.15) is 0 Å². The number of benzene rings is 3. The number of aliphatic carboxylic acids is 1. The second-order valence-corrected chi connectivity index (χ2v) is 9.41. The highest BCUT2D eigenvalue weighted by atomic mass is 16.6. The molecular weight excluding hydrogens is 430 g/mol. The van der Waals surface area contributed by atoms with Gasteiger partial charge in [0.2, 0.25) is 0 Å².